The molecule has 8 aromatic rings. The SMILES string of the molecule is Cc1cccn1CC(O)Cn1c2ccccc2c2ccccc21.Cc1cccn1CC(O)Cn1c2ccccc2c2ccccc21. The second-order valence-electron chi connectivity index (χ2n) is 12.2. The Kier molecular flexibility index (Phi) is 8.22. The number of aliphatic hydroxyl groups is 2. The lowest BCUT2D eigenvalue weighted by Crippen LogP contribution is -2.22. The first-order valence-electron chi connectivity index (χ1n) is 16.0. The number of hydrogen-bond donors (Lipinski definition) is 2. The molecule has 0 spiro atoms. The van der Waals surface area contributed by atoms with Crippen molar-refractivity contribution in [1.82, 2.24) is 18.3 Å². The molecular formula is C40H40N4O2. The van der Waals surface area contributed by atoms with Crippen molar-refractivity contribution < 1.29 is 10.2 Å². The molecule has 0 saturated carbocycles. The van der Waals surface area contributed by atoms with E-state index < -0.39 is 12.2 Å². The summed E-state index contributed by atoms with van der Waals surface area (Å²) in [7, 11) is 0. The van der Waals surface area contributed by atoms with Crippen LogP contribution in [0.5, 0.6) is 0 Å². The van der Waals surface area contributed by atoms with E-state index in [1.165, 1.54) is 55.0 Å². The molecule has 0 fully saturated rings. The maximum Gasteiger partial charge on any atom is 0.0897 e. The van der Waals surface area contributed by atoms with Crippen molar-refractivity contribution in [1.29, 1.82) is 0 Å². The molecular weight excluding hydrogens is 568 g/mol. The third-order valence-corrected chi connectivity index (χ3v) is 9.07. The Morgan fingerprint density at radius 1 is 0.413 bits per heavy atom. The van der Waals surface area contributed by atoms with Gasteiger partial charge in [0, 0.05) is 80.5 Å². The summed E-state index contributed by atoms with van der Waals surface area (Å²) in [6, 6.07) is 41.8. The van der Waals surface area contributed by atoms with Gasteiger partial charge in [0.25, 0.3) is 0 Å². The summed E-state index contributed by atoms with van der Waals surface area (Å²) in [6.07, 6.45) is 3.18. The molecule has 0 aliphatic heterocycles. The number of nitrogens with zero attached hydrogens (tertiary/aromatic N) is 4. The molecule has 4 aromatic carbocycles. The number of aliphatic hydroxyl groups excluding tert-OH is 2. The fourth-order valence-corrected chi connectivity index (χ4v) is 6.80. The van der Waals surface area contributed by atoms with E-state index in [0.717, 1.165) is 0 Å². The average molecular weight is 609 g/mol. The average Bonchev–Trinajstić information content (AvgIpc) is 3.83. The zero-order chi connectivity index (χ0) is 31.6. The molecule has 8 rings (SSSR count). The molecule has 4 aromatic heterocycles. The van der Waals surface area contributed by atoms with Crippen LogP contribution in [0.25, 0.3) is 43.6 Å². The van der Waals surface area contributed by atoms with Crippen molar-refractivity contribution in [3.8, 4) is 0 Å². The Bertz CT molecular complexity index is 1980. The molecule has 0 bridgehead atoms. The normalized spacial score (nSPS) is 13.0. The van der Waals surface area contributed by atoms with E-state index >= 15 is 0 Å². The molecule has 0 radical (unpaired) electrons. The lowest BCUT2D eigenvalue weighted by molar-refractivity contribution is 0.136. The molecule has 0 aliphatic rings. The summed E-state index contributed by atoms with van der Waals surface area (Å²) in [5.41, 5.74) is 7.06. The minimum atomic E-state index is -0.430. The van der Waals surface area contributed by atoms with E-state index in [-0.39, 0.29) is 0 Å². The van der Waals surface area contributed by atoms with Gasteiger partial charge in [-0.1, -0.05) is 72.8 Å². The maximum atomic E-state index is 10.6. The van der Waals surface area contributed by atoms with Gasteiger partial charge in [-0.3, -0.25) is 0 Å². The third-order valence-electron chi connectivity index (χ3n) is 9.07. The molecule has 46 heavy (non-hydrogen) atoms. The minimum Gasteiger partial charge on any atom is -0.389 e. The van der Waals surface area contributed by atoms with E-state index in [2.05, 4.69) is 141 Å². The third kappa shape index (κ3) is 5.73. The lowest BCUT2D eigenvalue weighted by Gasteiger charge is -2.16. The Balaban J connectivity index is 0.000000147. The highest BCUT2D eigenvalue weighted by Crippen LogP contribution is 2.30. The fraction of sp³-hybridized carbons (Fsp3) is 0.200. The Morgan fingerprint density at radius 2 is 0.717 bits per heavy atom. The molecule has 6 nitrogen and oxygen atoms in total. The van der Waals surface area contributed by atoms with E-state index in [0.29, 0.717) is 26.2 Å². The number of hydrogen-bond acceptors (Lipinski definition) is 2. The first-order chi connectivity index (χ1) is 22.5. The lowest BCUT2D eigenvalue weighted by atomic mass is 10.2. The maximum absolute atomic E-state index is 10.6. The van der Waals surface area contributed by atoms with Crippen molar-refractivity contribution >= 4 is 43.6 Å². The van der Waals surface area contributed by atoms with E-state index in [4.69, 9.17) is 0 Å². The molecule has 2 unspecified atom stereocenters. The standard InChI is InChI=1S/2C20H20N2O/c2*1-15-7-6-12-21(15)13-16(23)14-22-19-10-4-2-8-17(19)18-9-3-5-11-20(18)22/h2*2-12,16,23H,13-14H2,1H3. The van der Waals surface area contributed by atoms with Gasteiger partial charge in [0.05, 0.1) is 25.3 Å². The summed E-state index contributed by atoms with van der Waals surface area (Å²) in [4.78, 5) is 0. The number of rotatable bonds is 8. The van der Waals surface area contributed by atoms with Crippen LogP contribution in [0.4, 0.5) is 0 Å². The minimum absolute atomic E-state index is 0.430. The number of fused-ring (bicyclic) bond motifs is 6. The van der Waals surface area contributed by atoms with Crippen LogP contribution in [0.3, 0.4) is 0 Å². The molecule has 0 amide bonds. The Morgan fingerprint density at radius 3 is 1.00 bits per heavy atom. The van der Waals surface area contributed by atoms with Crippen LogP contribution in [0.15, 0.2) is 134 Å². The largest absolute Gasteiger partial charge is 0.389 e. The quantitative estimate of drug-likeness (QED) is 0.184. The van der Waals surface area contributed by atoms with Crippen LogP contribution in [-0.2, 0) is 26.2 Å². The summed E-state index contributed by atoms with van der Waals surface area (Å²) in [5.74, 6) is 0. The molecule has 2 N–H and O–H groups in total. The summed E-state index contributed by atoms with van der Waals surface area (Å²) >= 11 is 0. The van der Waals surface area contributed by atoms with Gasteiger partial charge in [0.2, 0.25) is 0 Å². The molecule has 2 atom stereocenters. The van der Waals surface area contributed by atoms with E-state index in [9.17, 15) is 10.2 Å². The molecule has 232 valence electrons. The highest BCUT2D eigenvalue weighted by molar-refractivity contribution is 6.08. The van der Waals surface area contributed by atoms with Gasteiger partial charge in [-0.05, 0) is 62.4 Å². The zero-order valence-electron chi connectivity index (χ0n) is 26.4. The summed E-state index contributed by atoms with van der Waals surface area (Å²) in [5, 5.41) is 26.2. The van der Waals surface area contributed by atoms with Gasteiger partial charge in [-0.15, -0.1) is 0 Å². The second kappa shape index (κ2) is 12.8. The second-order valence-corrected chi connectivity index (χ2v) is 12.2. The molecule has 6 heteroatoms. The Hall–Kier alpha value is -5.04. The van der Waals surface area contributed by atoms with E-state index in [1.807, 2.05) is 24.5 Å². The molecule has 0 aliphatic carbocycles. The highest BCUT2D eigenvalue weighted by atomic mass is 16.3. The van der Waals surface area contributed by atoms with Crippen molar-refractivity contribution in [3.05, 3.63) is 145 Å². The summed E-state index contributed by atoms with van der Waals surface area (Å²) in [6.45, 7) is 6.52. The zero-order valence-corrected chi connectivity index (χ0v) is 26.4. The summed E-state index contributed by atoms with van der Waals surface area (Å²) < 4.78 is 8.65. The Labute approximate surface area is 269 Å². The molecule has 4 heterocycles. The van der Waals surface area contributed by atoms with Crippen molar-refractivity contribution in [2.45, 2.75) is 52.2 Å². The molecule has 0 saturated heterocycles. The van der Waals surface area contributed by atoms with Crippen LogP contribution in [0, 0.1) is 13.8 Å². The van der Waals surface area contributed by atoms with Gasteiger partial charge in [-0.2, -0.15) is 0 Å². The highest BCUT2D eigenvalue weighted by Gasteiger charge is 2.15. The van der Waals surface area contributed by atoms with E-state index in [1.54, 1.807) is 0 Å². The number of aromatic nitrogens is 4. The first kappa shape index (κ1) is 29.7. The van der Waals surface area contributed by atoms with Crippen LogP contribution >= 0.6 is 0 Å². The van der Waals surface area contributed by atoms with Crippen LogP contribution in [0.1, 0.15) is 11.4 Å². The van der Waals surface area contributed by atoms with Crippen molar-refractivity contribution in [3.63, 3.8) is 0 Å². The monoisotopic (exact) mass is 608 g/mol. The predicted molar refractivity (Wildman–Crippen MR) is 189 cm³/mol. The van der Waals surface area contributed by atoms with Gasteiger partial charge in [0.1, 0.15) is 0 Å². The van der Waals surface area contributed by atoms with Gasteiger partial charge < -0.3 is 28.5 Å². The topological polar surface area (TPSA) is 60.2 Å². The van der Waals surface area contributed by atoms with Gasteiger partial charge in [0.15, 0.2) is 0 Å². The number of para-hydroxylation sites is 4. The predicted octanol–water partition coefficient (Wildman–Crippen LogP) is 7.93. The first-order valence-corrected chi connectivity index (χ1v) is 16.0. The fourth-order valence-electron chi connectivity index (χ4n) is 6.80. The van der Waals surface area contributed by atoms with Crippen LogP contribution in [-0.4, -0.2) is 40.7 Å². The van der Waals surface area contributed by atoms with Crippen LogP contribution in [0.2, 0.25) is 0 Å². The van der Waals surface area contributed by atoms with Crippen molar-refractivity contribution in [2.24, 2.45) is 0 Å². The van der Waals surface area contributed by atoms with Crippen molar-refractivity contribution in [2.75, 3.05) is 0 Å². The van der Waals surface area contributed by atoms with Crippen LogP contribution < -0.4 is 0 Å². The van der Waals surface area contributed by atoms with Gasteiger partial charge >= 0.3 is 0 Å². The van der Waals surface area contributed by atoms with Gasteiger partial charge in [-0.25, -0.2) is 0 Å². The number of aryl methyl sites for hydroxylation is 2. The smallest absolute Gasteiger partial charge is 0.0897 e. The number of benzene rings is 4.